The Morgan fingerprint density at radius 3 is 1.14 bits per heavy atom. The molecule has 0 bridgehead atoms. The minimum Gasteiger partial charge on any atom is -0.494 e. The number of halogens is 8. The summed E-state index contributed by atoms with van der Waals surface area (Å²) in [7, 11) is 5.36. The van der Waals surface area contributed by atoms with Gasteiger partial charge in [-0.2, -0.15) is 26.3 Å². The van der Waals surface area contributed by atoms with Crippen LogP contribution in [-0.2, 0) is 12.4 Å². The largest absolute Gasteiger partial charge is 0.494 e. The fraction of sp³-hybridized carbons (Fsp3) is 0.296. The van der Waals surface area contributed by atoms with E-state index >= 15 is 0 Å². The van der Waals surface area contributed by atoms with Gasteiger partial charge in [0.05, 0.1) is 52.8 Å². The molecule has 0 radical (unpaired) electrons. The summed E-state index contributed by atoms with van der Waals surface area (Å²) in [6.07, 6.45) is -10.2. The van der Waals surface area contributed by atoms with Crippen molar-refractivity contribution in [2.24, 2.45) is 11.8 Å². The second-order valence-electron chi connectivity index (χ2n) is 16.5. The van der Waals surface area contributed by atoms with Crippen LogP contribution in [0.3, 0.4) is 0 Å². The molecule has 0 unspecified atom stereocenters. The number of nitrogens with zero attached hydrogens (tertiary/aromatic N) is 2. The van der Waals surface area contributed by atoms with Crippen molar-refractivity contribution in [2.45, 2.75) is 39.0 Å². The molecule has 6 aromatic rings. The van der Waals surface area contributed by atoms with Crippen molar-refractivity contribution in [1.29, 1.82) is 0 Å². The average molecular weight is 1070 g/mol. The zero-order valence-corrected chi connectivity index (χ0v) is 41.5. The summed E-state index contributed by atoms with van der Waals surface area (Å²) in [6.45, 7) is 2.75. The van der Waals surface area contributed by atoms with Gasteiger partial charge in [0, 0.05) is 46.9 Å². The van der Waals surface area contributed by atoms with E-state index in [9.17, 15) is 54.3 Å². The molecule has 404 valence electrons. The maximum absolute atomic E-state index is 13.8. The van der Waals surface area contributed by atoms with Crippen molar-refractivity contribution in [3.63, 3.8) is 0 Å². The van der Waals surface area contributed by atoms with E-state index in [0.717, 1.165) is 12.1 Å². The molecule has 0 saturated heterocycles. The molecule has 0 spiro atoms. The van der Waals surface area contributed by atoms with Gasteiger partial charge in [-0.1, -0.05) is 13.8 Å². The molecule has 4 aromatic carbocycles. The number of ether oxygens (including phenoxy) is 6. The van der Waals surface area contributed by atoms with E-state index in [-0.39, 0.29) is 119 Å². The number of aromatic nitrogens is 2. The number of alkyl halides is 6. The molecular formula is C54H50F8N2O12. The minimum atomic E-state index is -4.93. The number of hydrogen-bond acceptors (Lipinski definition) is 14. The van der Waals surface area contributed by atoms with Crippen molar-refractivity contribution in [3.05, 3.63) is 142 Å². The van der Waals surface area contributed by atoms with Crippen LogP contribution >= 0.6 is 0 Å². The molecule has 22 heteroatoms. The highest BCUT2D eigenvalue weighted by Gasteiger charge is 2.36. The van der Waals surface area contributed by atoms with Gasteiger partial charge in [0.15, 0.2) is 46.1 Å². The maximum Gasteiger partial charge on any atom is 0.419 e. The van der Waals surface area contributed by atoms with Crippen LogP contribution in [0, 0.1) is 23.5 Å². The van der Waals surface area contributed by atoms with Gasteiger partial charge in [-0.05, 0) is 97.1 Å². The number of carbonyl (C=O) groups excluding carboxylic acids is 4. The molecule has 76 heavy (non-hydrogen) atoms. The summed E-state index contributed by atoms with van der Waals surface area (Å²) < 4.78 is 138. The lowest BCUT2D eigenvalue weighted by Crippen LogP contribution is -2.17. The van der Waals surface area contributed by atoms with Crippen molar-refractivity contribution < 1.29 is 92.9 Å². The highest BCUT2D eigenvalue weighted by atomic mass is 19.4. The second kappa shape index (κ2) is 26.0. The van der Waals surface area contributed by atoms with Gasteiger partial charge in [0.1, 0.15) is 59.1 Å². The lowest BCUT2D eigenvalue weighted by Gasteiger charge is -2.15. The fourth-order valence-corrected chi connectivity index (χ4v) is 7.40. The molecule has 0 amide bonds. The van der Waals surface area contributed by atoms with Gasteiger partial charge in [0.25, 0.3) is 0 Å². The molecule has 2 aromatic heterocycles. The van der Waals surface area contributed by atoms with Gasteiger partial charge in [-0.15, -0.1) is 0 Å². The Morgan fingerprint density at radius 2 is 0.829 bits per heavy atom. The summed E-state index contributed by atoms with van der Waals surface area (Å²) in [5, 5.41) is 17.8. The Hall–Kier alpha value is -7.98. The van der Waals surface area contributed by atoms with E-state index in [0.29, 0.717) is 35.8 Å². The summed E-state index contributed by atoms with van der Waals surface area (Å²) in [5.41, 5.74) is -2.94. The summed E-state index contributed by atoms with van der Waals surface area (Å²) in [5.74, 6) is -4.89. The summed E-state index contributed by atoms with van der Waals surface area (Å²) >= 11 is 0. The third kappa shape index (κ3) is 14.7. The predicted octanol–water partition coefficient (Wildman–Crippen LogP) is 10.8. The minimum absolute atomic E-state index is 0.0431. The standard InChI is InChI=1S/2C27H25F4NO6/c2*1-15(12-21(34)16-5-8-22(38-11-10-33)24(14-16)37-3)26(35)20-7-9-23(36-2)25(32-20)17-4-6-19(28)18(13-17)27(29,30)31/h2*4-9,13-15,33H,10-12H2,1-3H3/t2*15-/m10/s1. The topological polar surface area (TPSA) is 190 Å². The van der Waals surface area contributed by atoms with Crippen LogP contribution in [0.4, 0.5) is 35.1 Å². The van der Waals surface area contributed by atoms with Crippen LogP contribution in [-0.4, -0.2) is 98.2 Å². The van der Waals surface area contributed by atoms with E-state index in [1.165, 1.54) is 103 Å². The van der Waals surface area contributed by atoms with Crippen LogP contribution in [0.5, 0.6) is 34.5 Å². The van der Waals surface area contributed by atoms with Gasteiger partial charge < -0.3 is 38.6 Å². The van der Waals surface area contributed by atoms with Gasteiger partial charge in [-0.25, -0.2) is 18.7 Å². The van der Waals surface area contributed by atoms with Crippen LogP contribution in [0.25, 0.3) is 22.5 Å². The Morgan fingerprint density at radius 1 is 0.487 bits per heavy atom. The lowest BCUT2D eigenvalue weighted by molar-refractivity contribution is -0.140. The quantitative estimate of drug-likeness (QED) is 0.0482. The zero-order valence-electron chi connectivity index (χ0n) is 41.5. The highest BCUT2D eigenvalue weighted by Crippen LogP contribution is 2.39. The first-order valence-corrected chi connectivity index (χ1v) is 22.8. The van der Waals surface area contributed by atoms with Crippen molar-refractivity contribution in [2.75, 3.05) is 54.9 Å². The monoisotopic (exact) mass is 1070 g/mol. The molecule has 0 aliphatic carbocycles. The highest BCUT2D eigenvalue weighted by molar-refractivity contribution is 6.04. The Kier molecular flexibility index (Phi) is 20.1. The number of pyridine rings is 2. The van der Waals surface area contributed by atoms with Gasteiger partial charge in [-0.3, -0.25) is 19.2 Å². The lowest BCUT2D eigenvalue weighted by atomic mass is 9.94. The smallest absolute Gasteiger partial charge is 0.419 e. The van der Waals surface area contributed by atoms with E-state index < -0.39 is 58.5 Å². The molecule has 2 atom stereocenters. The van der Waals surface area contributed by atoms with Crippen molar-refractivity contribution in [1.82, 2.24) is 9.97 Å². The number of carbonyl (C=O) groups is 4. The van der Waals surface area contributed by atoms with E-state index in [1.54, 1.807) is 0 Å². The third-order valence-corrected chi connectivity index (χ3v) is 11.3. The molecule has 0 aliphatic rings. The predicted molar refractivity (Wildman–Crippen MR) is 258 cm³/mol. The molecule has 2 N–H and O–H groups in total. The zero-order chi connectivity index (χ0) is 56.1. The van der Waals surface area contributed by atoms with Gasteiger partial charge in [0.2, 0.25) is 0 Å². The number of ketones is 4. The van der Waals surface area contributed by atoms with Crippen molar-refractivity contribution >= 4 is 23.1 Å². The summed E-state index contributed by atoms with van der Waals surface area (Å²) in [6, 6.07) is 19.2. The number of aliphatic hydroxyl groups is 2. The van der Waals surface area contributed by atoms with E-state index in [1.807, 2.05) is 0 Å². The van der Waals surface area contributed by atoms with Crippen LogP contribution in [0.15, 0.2) is 97.1 Å². The molecule has 6 rings (SSSR count). The number of hydrogen-bond donors (Lipinski definition) is 2. The Bertz CT molecular complexity index is 2850. The first kappa shape index (κ1) is 58.9. The number of Topliss-reactive ketones (excluding diaryl/α,β-unsaturated/α-hetero) is 4. The van der Waals surface area contributed by atoms with Gasteiger partial charge >= 0.3 is 12.4 Å². The maximum atomic E-state index is 13.8. The number of benzene rings is 4. The molecule has 0 fully saturated rings. The molecule has 2 heterocycles. The second-order valence-corrected chi connectivity index (χ2v) is 16.5. The normalized spacial score (nSPS) is 12.1. The SMILES string of the molecule is COc1cc(C(=O)C[C@@H](C)C(=O)c2ccc(OC)c(-c3ccc(F)c(C(F)(F)F)c3)n2)ccc1OCCO.COc1cc(C(=O)C[C@H](C)C(=O)c2ccc(OC)c(-c3ccc(F)c(C(F)(F)F)c3)n2)ccc1OCCO. The van der Waals surface area contributed by atoms with Crippen molar-refractivity contribution in [3.8, 4) is 57.0 Å². The van der Waals surface area contributed by atoms with E-state index in [4.69, 9.17) is 38.6 Å². The van der Waals surface area contributed by atoms with Crippen LogP contribution in [0.1, 0.15) is 79.5 Å². The summed E-state index contributed by atoms with van der Waals surface area (Å²) in [4.78, 5) is 60.3. The van der Waals surface area contributed by atoms with Crippen LogP contribution in [0.2, 0.25) is 0 Å². The molecule has 0 saturated carbocycles. The first-order chi connectivity index (χ1) is 36.0. The Balaban J connectivity index is 0.000000281. The van der Waals surface area contributed by atoms with E-state index in [2.05, 4.69) is 9.97 Å². The van der Waals surface area contributed by atoms with Crippen LogP contribution < -0.4 is 28.4 Å². The molecule has 14 nitrogen and oxygen atoms in total. The molecule has 0 aliphatic heterocycles. The molecular weight excluding hydrogens is 1020 g/mol. The third-order valence-electron chi connectivity index (χ3n) is 11.3. The fourth-order valence-electron chi connectivity index (χ4n) is 7.40. The Labute approximate surface area is 430 Å². The number of aliphatic hydroxyl groups excluding tert-OH is 2. The first-order valence-electron chi connectivity index (χ1n) is 22.8. The number of rotatable bonds is 22. The number of methoxy groups -OCH3 is 4. The average Bonchev–Trinajstić information content (AvgIpc) is 3.40.